The normalized spacial score (nSPS) is 12.2. The van der Waals surface area contributed by atoms with E-state index in [4.69, 9.17) is 5.11 Å². The summed E-state index contributed by atoms with van der Waals surface area (Å²) in [5, 5.41) is 18.3. The fraction of sp³-hybridized carbons (Fsp3) is 0.417. The lowest BCUT2D eigenvalue weighted by atomic mass is 10.2. The molecule has 0 unspecified atom stereocenters. The van der Waals surface area contributed by atoms with Crippen molar-refractivity contribution >= 4 is 5.82 Å². The maximum absolute atomic E-state index is 9.35. The van der Waals surface area contributed by atoms with Crippen molar-refractivity contribution in [3.05, 3.63) is 36.5 Å². The van der Waals surface area contributed by atoms with Crippen molar-refractivity contribution in [2.24, 2.45) is 0 Å². The van der Waals surface area contributed by atoms with Gasteiger partial charge >= 0.3 is 0 Å². The summed E-state index contributed by atoms with van der Waals surface area (Å²) < 4.78 is 0. The van der Waals surface area contributed by atoms with Crippen LogP contribution in [0.4, 0.5) is 5.82 Å². The van der Waals surface area contributed by atoms with E-state index in [-0.39, 0.29) is 6.61 Å². The Balaban J connectivity index is 2.80. The van der Waals surface area contributed by atoms with Gasteiger partial charge in [-0.2, -0.15) is 0 Å². The number of rotatable bonds is 6. The summed E-state index contributed by atoms with van der Waals surface area (Å²) in [5.41, 5.74) is 0.784. The van der Waals surface area contributed by atoms with Gasteiger partial charge in [-0.1, -0.05) is 12.1 Å². The summed E-state index contributed by atoms with van der Waals surface area (Å²) in [6, 6.07) is 3.67. The number of hydrogen-bond donors (Lipinski definition) is 2. The van der Waals surface area contributed by atoms with Gasteiger partial charge in [-0.15, -0.1) is 6.58 Å². The van der Waals surface area contributed by atoms with Gasteiger partial charge < -0.3 is 15.1 Å². The van der Waals surface area contributed by atoms with E-state index in [0.717, 1.165) is 11.4 Å². The van der Waals surface area contributed by atoms with E-state index in [1.807, 2.05) is 17.0 Å². The maximum atomic E-state index is 9.35. The molecule has 1 aromatic heterocycles. The van der Waals surface area contributed by atoms with E-state index >= 15 is 0 Å². The fourth-order valence-corrected chi connectivity index (χ4v) is 1.41. The van der Waals surface area contributed by atoms with Crippen molar-refractivity contribution in [1.82, 2.24) is 4.98 Å². The number of hydrogen-bond acceptors (Lipinski definition) is 4. The fourth-order valence-electron chi connectivity index (χ4n) is 1.41. The topological polar surface area (TPSA) is 56.6 Å². The predicted molar refractivity (Wildman–Crippen MR) is 64.4 cm³/mol. The molecule has 0 spiro atoms. The van der Waals surface area contributed by atoms with E-state index in [1.54, 1.807) is 19.2 Å². The highest BCUT2D eigenvalue weighted by Crippen LogP contribution is 2.15. The summed E-state index contributed by atoms with van der Waals surface area (Å²) in [4.78, 5) is 6.16. The average Bonchev–Trinajstić information content (AvgIpc) is 2.29. The molecule has 0 bridgehead atoms. The lowest BCUT2D eigenvalue weighted by Gasteiger charge is -2.21. The van der Waals surface area contributed by atoms with E-state index in [9.17, 15) is 5.11 Å². The van der Waals surface area contributed by atoms with Gasteiger partial charge in [0.2, 0.25) is 0 Å². The van der Waals surface area contributed by atoms with E-state index in [2.05, 4.69) is 11.6 Å². The first-order valence-corrected chi connectivity index (χ1v) is 5.29. The Labute approximate surface area is 95.9 Å². The largest absolute Gasteiger partial charge is 0.395 e. The summed E-state index contributed by atoms with van der Waals surface area (Å²) in [7, 11) is 0. The number of anilines is 1. The molecule has 4 heteroatoms. The third-order valence-corrected chi connectivity index (χ3v) is 2.30. The van der Waals surface area contributed by atoms with Gasteiger partial charge in [-0.3, -0.25) is 0 Å². The maximum Gasteiger partial charge on any atom is 0.128 e. The number of pyridine rings is 1. The Morgan fingerprint density at radius 1 is 1.56 bits per heavy atom. The van der Waals surface area contributed by atoms with Gasteiger partial charge in [-0.05, 0) is 18.6 Å². The molecule has 0 saturated carbocycles. The second kappa shape index (κ2) is 6.25. The average molecular weight is 222 g/mol. The van der Waals surface area contributed by atoms with Crippen molar-refractivity contribution in [3.63, 3.8) is 0 Å². The van der Waals surface area contributed by atoms with Crippen LogP contribution in [0, 0.1) is 0 Å². The minimum absolute atomic E-state index is 0.0771. The summed E-state index contributed by atoms with van der Waals surface area (Å²) in [6.45, 7) is 6.60. The minimum Gasteiger partial charge on any atom is -0.395 e. The first-order valence-electron chi connectivity index (χ1n) is 5.29. The zero-order valence-electron chi connectivity index (χ0n) is 9.50. The molecule has 1 heterocycles. The Hall–Kier alpha value is -1.39. The lowest BCUT2D eigenvalue weighted by molar-refractivity contribution is 0.199. The highest BCUT2D eigenvalue weighted by molar-refractivity contribution is 5.40. The molecule has 0 aliphatic heterocycles. The van der Waals surface area contributed by atoms with Gasteiger partial charge in [0, 0.05) is 19.3 Å². The Morgan fingerprint density at radius 3 is 2.75 bits per heavy atom. The second-order valence-electron chi connectivity index (χ2n) is 3.58. The highest BCUT2D eigenvalue weighted by Gasteiger charge is 2.06. The molecule has 1 aromatic rings. The number of nitrogens with zero attached hydrogens (tertiary/aromatic N) is 2. The van der Waals surface area contributed by atoms with Crippen LogP contribution in [0.25, 0.3) is 0 Å². The summed E-state index contributed by atoms with van der Waals surface area (Å²) >= 11 is 0. The standard InChI is InChI=1S/C12H18N2O2/c1-3-6-14(7-8-15)12-5-4-11(9-13-12)10(2)16/h3-5,9-10,15-16H,1,6-8H2,2H3/t10-/m1/s1. The van der Waals surface area contributed by atoms with Crippen LogP contribution in [-0.2, 0) is 0 Å². The summed E-state index contributed by atoms with van der Waals surface area (Å²) in [6.07, 6.45) is 2.90. The van der Waals surface area contributed by atoms with Crippen molar-refractivity contribution < 1.29 is 10.2 Å². The minimum atomic E-state index is -0.507. The Bertz CT molecular complexity index is 322. The third-order valence-electron chi connectivity index (χ3n) is 2.30. The lowest BCUT2D eigenvalue weighted by Crippen LogP contribution is -2.27. The van der Waals surface area contributed by atoms with Gasteiger partial charge in [-0.25, -0.2) is 4.98 Å². The molecular weight excluding hydrogens is 204 g/mol. The molecule has 0 radical (unpaired) electrons. The van der Waals surface area contributed by atoms with Crippen LogP contribution in [0.3, 0.4) is 0 Å². The molecule has 0 fully saturated rings. The van der Waals surface area contributed by atoms with Crippen LogP contribution in [0.15, 0.2) is 31.0 Å². The third kappa shape index (κ3) is 3.32. The molecule has 2 N–H and O–H groups in total. The predicted octanol–water partition coefficient (Wildman–Crippen LogP) is 1.12. The van der Waals surface area contributed by atoms with Gasteiger partial charge in [0.25, 0.3) is 0 Å². The molecule has 1 atom stereocenters. The van der Waals surface area contributed by atoms with Crippen LogP contribution < -0.4 is 4.90 Å². The molecule has 0 aliphatic rings. The molecule has 0 aromatic carbocycles. The zero-order chi connectivity index (χ0) is 12.0. The molecular formula is C12H18N2O2. The molecule has 0 amide bonds. The van der Waals surface area contributed by atoms with Crippen molar-refractivity contribution in [3.8, 4) is 0 Å². The Kier molecular flexibility index (Phi) is 4.95. The van der Waals surface area contributed by atoms with Crippen LogP contribution in [0.2, 0.25) is 0 Å². The van der Waals surface area contributed by atoms with Crippen LogP contribution in [0.1, 0.15) is 18.6 Å². The second-order valence-corrected chi connectivity index (χ2v) is 3.58. The first-order chi connectivity index (χ1) is 7.69. The quantitative estimate of drug-likeness (QED) is 0.708. The van der Waals surface area contributed by atoms with E-state index < -0.39 is 6.10 Å². The molecule has 0 aliphatic carbocycles. The van der Waals surface area contributed by atoms with Crippen molar-refractivity contribution in [2.45, 2.75) is 13.0 Å². The molecule has 88 valence electrons. The van der Waals surface area contributed by atoms with Crippen LogP contribution in [0.5, 0.6) is 0 Å². The molecule has 16 heavy (non-hydrogen) atoms. The number of aromatic nitrogens is 1. The summed E-state index contributed by atoms with van der Waals surface area (Å²) in [5.74, 6) is 0.776. The monoisotopic (exact) mass is 222 g/mol. The van der Waals surface area contributed by atoms with E-state index in [0.29, 0.717) is 13.1 Å². The number of aliphatic hydroxyl groups excluding tert-OH is 2. The highest BCUT2D eigenvalue weighted by atomic mass is 16.3. The van der Waals surface area contributed by atoms with Gasteiger partial charge in [0.05, 0.1) is 12.7 Å². The smallest absolute Gasteiger partial charge is 0.128 e. The van der Waals surface area contributed by atoms with Crippen LogP contribution >= 0.6 is 0 Å². The number of aliphatic hydroxyl groups is 2. The SMILES string of the molecule is C=CCN(CCO)c1ccc([C@@H](C)O)cn1. The molecule has 4 nitrogen and oxygen atoms in total. The van der Waals surface area contributed by atoms with Crippen LogP contribution in [-0.4, -0.2) is 34.9 Å². The first kappa shape index (κ1) is 12.7. The Morgan fingerprint density at radius 2 is 2.31 bits per heavy atom. The zero-order valence-corrected chi connectivity index (χ0v) is 9.50. The van der Waals surface area contributed by atoms with Crippen molar-refractivity contribution in [1.29, 1.82) is 0 Å². The molecule has 0 saturated heterocycles. The molecule has 1 rings (SSSR count). The van der Waals surface area contributed by atoms with Crippen molar-refractivity contribution in [2.75, 3.05) is 24.6 Å². The van der Waals surface area contributed by atoms with E-state index in [1.165, 1.54) is 0 Å². The van der Waals surface area contributed by atoms with Gasteiger partial charge in [0.15, 0.2) is 0 Å². The van der Waals surface area contributed by atoms with Gasteiger partial charge in [0.1, 0.15) is 5.82 Å².